The molecule has 2 aromatic rings. The first-order valence-electron chi connectivity index (χ1n) is 7.27. The van der Waals surface area contributed by atoms with Gasteiger partial charge in [0.15, 0.2) is 18.1 Å². The fourth-order valence-corrected chi connectivity index (χ4v) is 2.07. The van der Waals surface area contributed by atoms with Crippen molar-refractivity contribution in [2.24, 2.45) is 0 Å². The lowest BCUT2D eigenvalue weighted by atomic mass is 10.2. The second-order valence-corrected chi connectivity index (χ2v) is 4.95. The van der Waals surface area contributed by atoms with Crippen LogP contribution in [-0.2, 0) is 9.53 Å². The fourth-order valence-electron chi connectivity index (χ4n) is 2.07. The lowest BCUT2D eigenvalue weighted by Gasteiger charge is -2.12. The van der Waals surface area contributed by atoms with Crippen LogP contribution in [0.5, 0.6) is 11.5 Å². The molecule has 0 spiro atoms. The largest absolute Gasteiger partial charge is 0.493 e. The number of rotatable bonds is 7. The molecule has 0 saturated heterocycles. The van der Waals surface area contributed by atoms with E-state index in [1.165, 1.54) is 32.6 Å². The third kappa shape index (κ3) is 4.28. The maximum atomic E-state index is 12.0. The Hall–Kier alpha value is -2.96. The number of nitrogens with one attached hydrogen (secondary N) is 1. The molecule has 0 radical (unpaired) electrons. The molecular formula is C17H19NO6. The molecule has 0 aliphatic carbocycles. The molecule has 128 valence electrons. The predicted molar refractivity (Wildman–Crippen MR) is 85.1 cm³/mol. The van der Waals surface area contributed by atoms with Gasteiger partial charge in [-0.05, 0) is 37.3 Å². The van der Waals surface area contributed by atoms with Crippen LogP contribution in [0.2, 0.25) is 0 Å². The van der Waals surface area contributed by atoms with Crippen LogP contribution in [0.15, 0.2) is 41.0 Å². The lowest BCUT2D eigenvalue weighted by Crippen LogP contribution is -2.31. The molecule has 7 heteroatoms. The van der Waals surface area contributed by atoms with Gasteiger partial charge in [0.25, 0.3) is 5.91 Å². The van der Waals surface area contributed by atoms with E-state index in [4.69, 9.17) is 18.6 Å². The molecule has 2 rings (SSSR count). The highest BCUT2D eigenvalue weighted by Crippen LogP contribution is 2.27. The Morgan fingerprint density at radius 2 is 1.92 bits per heavy atom. The van der Waals surface area contributed by atoms with E-state index < -0.39 is 18.5 Å². The predicted octanol–water partition coefficient (Wildman–Crippen LogP) is 2.33. The molecule has 0 bridgehead atoms. The summed E-state index contributed by atoms with van der Waals surface area (Å²) in [7, 11) is 2.97. The number of ether oxygens (including phenoxy) is 3. The molecule has 0 aliphatic heterocycles. The number of benzene rings is 1. The van der Waals surface area contributed by atoms with E-state index in [0.29, 0.717) is 17.3 Å². The first kappa shape index (κ1) is 17.4. The molecule has 24 heavy (non-hydrogen) atoms. The number of carbonyl (C=O) groups is 2. The van der Waals surface area contributed by atoms with Gasteiger partial charge in [-0.1, -0.05) is 0 Å². The number of amides is 1. The Morgan fingerprint density at radius 1 is 1.17 bits per heavy atom. The standard InChI is InChI=1S/C17H19NO6/c1-11(13-5-4-8-23-13)18-16(19)10-24-17(20)12-6-7-14(21-2)15(9-12)22-3/h4-9,11H,10H2,1-3H3,(H,18,19)/t11-/m0/s1. The molecule has 1 atom stereocenters. The zero-order valence-corrected chi connectivity index (χ0v) is 13.7. The summed E-state index contributed by atoms with van der Waals surface area (Å²) in [6, 6.07) is 7.79. The highest BCUT2D eigenvalue weighted by Gasteiger charge is 2.16. The summed E-state index contributed by atoms with van der Waals surface area (Å²) in [5.41, 5.74) is 0.263. The van der Waals surface area contributed by atoms with Crippen molar-refractivity contribution in [1.29, 1.82) is 0 Å². The van der Waals surface area contributed by atoms with Crippen LogP contribution in [-0.4, -0.2) is 32.7 Å². The highest BCUT2D eigenvalue weighted by atomic mass is 16.5. The molecule has 1 amide bonds. The number of methoxy groups -OCH3 is 2. The summed E-state index contributed by atoms with van der Waals surface area (Å²) in [6.07, 6.45) is 1.52. The molecule has 0 aliphatic rings. The number of hydrogen-bond donors (Lipinski definition) is 1. The minimum Gasteiger partial charge on any atom is -0.493 e. The van der Waals surface area contributed by atoms with Gasteiger partial charge in [-0.15, -0.1) is 0 Å². The van der Waals surface area contributed by atoms with Gasteiger partial charge in [0.1, 0.15) is 5.76 Å². The van der Waals surface area contributed by atoms with Crippen molar-refractivity contribution in [2.45, 2.75) is 13.0 Å². The van der Waals surface area contributed by atoms with E-state index >= 15 is 0 Å². The van der Waals surface area contributed by atoms with Crippen LogP contribution in [0.3, 0.4) is 0 Å². The second-order valence-electron chi connectivity index (χ2n) is 4.95. The zero-order valence-electron chi connectivity index (χ0n) is 13.7. The Morgan fingerprint density at radius 3 is 2.54 bits per heavy atom. The van der Waals surface area contributed by atoms with Crippen LogP contribution in [0.1, 0.15) is 29.1 Å². The topological polar surface area (TPSA) is 87.0 Å². The number of hydrogen-bond acceptors (Lipinski definition) is 6. The van der Waals surface area contributed by atoms with E-state index in [1.807, 2.05) is 0 Å². The highest BCUT2D eigenvalue weighted by molar-refractivity contribution is 5.92. The van der Waals surface area contributed by atoms with Gasteiger partial charge < -0.3 is 23.9 Å². The molecule has 1 heterocycles. The summed E-state index contributed by atoms with van der Waals surface area (Å²) in [5.74, 6) is 0.473. The summed E-state index contributed by atoms with van der Waals surface area (Å²) in [6.45, 7) is 1.38. The molecule has 0 fully saturated rings. The first-order chi connectivity index (χ1) is 11.5. The normalized spacial score (nSPS) is 11.5. The molecule has 1 aromatic carbocycles. The van der Waals surface area contributed by atoms with Gasteiger partial charge in [-0.3, -0.25) is 4.79 Å². The summed E-state index contributed by atoms with van der Waals surface area (Å²) >= 11 is 0. The van der Waals surface area contributed by atoms with Gasteiger partial charge in [0, 0.05) is 0 Å². The van der Waals surface area contributed by atoms with E-state index in [2.05, 4.69) is 5.32 Å². The van der Waals surface area contributed by atoms with Gasteiger partial charge in [0.2, 0.25) is 0 Å². The Balaban J connectivity index is 1.89. The Labute approximate surface area is 139 Å². The van der Waals surface area contributed by atoms with Crippen molar-refractivity contribution < 1.29 is 28.2 Å². The van der Waals surface area contributed by atoms with Crippen LogP contribution in [0, 0.1) is 0 Å². The van der Waals surface area contributed by atoms with Gasteiger partial charge >= 0.3 is 5.97 Å². The van der Waals surface area contributed by atoms with Crippen molar-refractivity contribution in [3.8, 4) is 11.5 Å². The van der Waals surface area contributed by atoms with E-state index in [-0.39, 0.29) is 11.6 Å². The number of carbonyl (C=O) groups excluding carboxylic acids is 2. The Kier molecular flexibility index (Phi) is 5.83. The van der Waals surface area contributed by atoms with Crippen LogP contribution in [0.4, 0.5) is 0 Å². The minimum atomic E-state index is -0.628. The third-order valence-electron chi connectivity index (χ3n) is 3.30. The number of esters is 1. The molecule has 1 N–H and O–H groups in total. The van der Waals surface area contributed by atoms with Crippen LogP contribution < -0.4 is 14.8 Å². The second kappa shape index (κ2) is 8.05. The van der Waals surface area contributed by atoms with Crippen molar-refractivity contribution >= 4 is 11.9 Å². The first-order valence-corrected chi connectivity index (χ1v) is 7.27. The van der Waals surface area contributed by atoms with Crippen molar-refractivity contribution in [2.75, 3.05) is 20.8 Å². The molecule has 1 aromatic heterocycles. The quantitative estimate of drug-likeness (QED) is 0.783. The van der Waals surface area contributed by atoms with Crippen molar-refractivity contribution in [3.63, 3.8) is 0 Å². The lowest BCUT2D eigenvalue weighted by molar-refractivity contribution is -0.125. The third-order valence-corrected chi connectivity index (χ3v) is 3.30. The average molecular weight is 333 g/mol. The zero-order chi connectivity index (χ0) is 17.5. The van der Waals surface area contributed by atoms with Gasteiger partial charge in [-0.2, -0.15) is 0 Å². The monoisotopic (exact) mass is 333 g/mol. The molecule has 0 unspecified atom stereocenters. The molecular weight excluding hydrogens is 314 g/mol. The van der Waals surface area contributed by atoms with Crippen molar-refractivity contribution in [1.82, 2.24) is 5.32 Å². The van der Waals surface area contributed by atoms with Gasteiger partial charge in [-0.25, -0.2) is 4.79 Å². The summed E-state index contributed by atoms with van der Waals surface area (Å²) in [4.78, 5) is 23.8. The maximum Gasteiger partial charge on any atom is 0.338 e. The van der Waals surface area contributed by atoms with E-state index in [0.717, 1.165) is 0 Å². The Bertz CT molecular complexity index is 695. The SMILES string of the molecule is COc1ccc(C(=O)OCC(=O)N[C@@H](C)c2ccco2)cc1OC. The van der Waals surface area contributed by atoms with Crippen LogP contribution in [0.25, 0.3) is 0 Å². The smallest absolute Gasteiger partial charge is 0.338 e. The summed E-state index contributed by atoms with van der Waals surface area (Å²) < 4.78 is 20.4. The van der Waals surface area contributed by atoms with E-state index in [9.17, 15) is 9.59 Å². The number of furan rings is 1. The fraction of sp³-hybridized carbons (Fsp3) is 0.294. The maximum absolute atomic E-state index is 12.0. The van der Waals surface area contributed by atoms with Crippen molar-refractivity contribution in [3.05, 3.63) is 47.9 Å². The minimum absolute atomic E-state index is 0.263. The van der Waals surface area contributed by atoms with Crippen LogP contribution >= 0.6 is 0 Å². The molecule has 0 saturated carbocycles. The average Bonchev–Trinajstić information content (AvgIpc) is 3.13. The summed E-state index contributed by atoms with van der Waals surface area (Å²) in [5, 5.41) is 2.68. The van der Waals surface area contributed by atoms with Gasteiger partial charge in [0.05, 0.1) is 32.1 Å². The van der Waals surface area contributed by atoms with E-state index in [1.54, 1.807) is 25.1 Å². The molecule has 7 nitrogen and oxygen atoms in total.